The van der Waals surface area contributed by atoms with Crippen molar-refractivity contribution in [3.63, 3.8) is 0 Å². The van der Waals surface area contributed by atoms with E-state index in [0.717, 1.165) is 10.8 Å². The predicted octanol–water partition coefficient (Wildman–Crippen LogP) is 1.31. The Morgan fingerprint density at radius 3 is 1.67 bits per heavy atom. The average Bonchev–Trinajstić information content (AvgIpc) is 4.10. The lowest BCUT2D eigenvalue weighted by molar-refractivity contribution is -0.136. The molecule has 6 aromatic rings. The first-order chi connectivity index (χ1) is 40.7. The quantitative estimate of drug-likeness (QED) is 0.0217. The van der Waals surface area contributed by atoms with E-state index in [1.807, 2.05) is 42.5 Å². The second-order valence-electron chi connectivity index (χ2n) is 20.4. The average molecular weight is 1220 g/mol. The van der Waals surface area contributed by atoms with Crippen LogP contribution in [0.2, 0.25) is 5.02 Å². The van der Waals surface area contributed by atoms with E-state index in [4.69, 9.17) is 34.5 Å². The normalized spacial score (nSPS) is 14.4. The van der Waals surface area contributed by atoms with Gasteiger partial charge in [0.05, 0.1) is 12.1 Å². The van der Waals surface area contributed by atoms with E-state index in [1.54, 1.807) is 66.9 Å². The van der Waals surface area contributed by atoms with Crippen molar-refractivity contribution in [3.8, 4) is 0 Å². The first-order valence-electron chi connectivity index (χ1n) is 27.4. The van der Waals surface area contributed by atoms with Crippen molar-refractivity contribution in [3.05, 3.63) is 149 Å². The molecule has 0 saturated carbocycles. The van der Waals surface area contributed by atoms with E-state index >= 15 is 0 Å². The van der Waals surface area contributed by atoms with Crippen LogP contribution in [0.5, 0.6) is 0 Å². The molecule has 0 fully saturated rings. The summed E-state index contributed by atoms with van der Waals surface area (Å²) in [6.45, 7) is 1.45. The molecule has 0 saturated heterocycles. The SMILES string of the molecule is C[C@@H](O)[C@H](NC(=O)[C@H](CCCCN)NC(=O)[C@@H](Cc1c[nH]c2ccccc12)NC(=O)[C@H](Cc1ccc(NC(N)=O)cc1)NC(=O)[C@@H](CS)NC(=O)[C@@H](N)Cc1ccc(Cl)cc1)C(=O)N[C@@H](CS)C(=O)N[C@@H](Cc1ccc2ccccc2c1)C(N)=O. The van der Waals surface area contributed by atoms with Crippen LogP contribution < -0.4 is 65.5 Å². The number of rotatable bonds is 31. The van der Waals surface area contributed by atoms with E-state index < -0.39 is 108 Å². The Morgan fingerprint density at radius 2 is 1.06 bits per heavy atom. The summed E-state index contributed by atoms with van der Waals surface area (Å²) < 4.78 is 0. The van der Waals surface area contributed by atoms with E-state index in [9.17, 15) is 48.3 Å². The Bertz CT molecular complexity index is 3320. The third kappa shape index (κ3) is 19.7. The molecule has 1 heterocycles. The summed E-state index contributed by atoms with van der Waals surface area (Å²) in [5.41, 5.74) is 26.6. The molecule has 452 valence electrons. The van der Waals surface area contributed by atoms with Crippen LogP contribution in [0.1, 0.15) is 48.4 Å². The molecule has 5 aromatic carbocycles. The number of halogens is 1. The molecule has 26 heteroatoms. The number of H-pyrrole nitrogens is 1. The number of aromatic nitrogens is 1. The number of nitrogens with one attached hydrogen (secondary N) is 9. The van der Waals surface area contributed by atoms with Crippen LogP contribution in [0.4, 0.5) is 10.5 Å². The molecule has 0 bridgehead atoms. The fourth-order valence-electron chi connectivity index (χ4n) is 9.27. The number of fused-ring (bicyclic) bond motifs is 2. The molecule has 0 aliphatic heterocycles. The molecule has 0 spiro atoms. The maximum Gasteiger partial charge on any atom is 0.316 e. The number of para-hydroxylation sites is 1. The summed E-state index contributed by atoms with van der Waals surface area (Å²) in [6, 6.07) is 21.4. The van der Waals surface area contributed by atoms with Gasteiger partial charge >= 0.3 is 6.03 Å². The summed E-state index contributed by atoms with van der Waals surface area (Å²) in [5, 5.41) is 34.9. The fourth-order valence-corrected chi connectivity index (χ4v) is 9.91. The highest BCUT2D eigenvalue weighted by Crippen LogP contribution is 2.21. The van der Waals surface area contributed by atoms with Gasteiger partial charge in [0.1, 0.15) is 42.3 Å². The molecule has 23 nitrogen and oxygen atoms in total. The summed E-state index contributed by atoms with van der Waals surface area (Å²) in [7, 11) is 0. The number of benzene rings is 5. The van der Waals surface area contributed by atoms with Gasteiger partial charge in [0.15, 0.2) is 0 Å². The van der Waals surface area contributed by atoms with Crippen molar-refractivity contribution in [2.24, 2.45) is 22.9 Å². The zero-order chi connectivity index (χ0) is 61.7. The van der Waals surface area contributed by atoms with E-state index in [-0.39, 0.29) is 50.2 Å². The van der Waals surface area contributed by atoms with Crippen molar-refractivity contribution < 1.29 is 48.3 Å². The topological polar surface area (TPSA) is 390 Å². The van der Waals surface area contributed by atoms with Gasteiger partial charge in [0.25, 0.3) is 0 Å². The number of thiol groups is 2. The highest BCUT2D eigenvalue weighted by atomic mass is 35.5. The number of aliphatic hydroxyl groups is 1. The van der Waals surface area contributed by atoms with Gasteiger partial charge in [-0.2, -0.15) is 25.3 Å². The Hall–Kier alpha value is -8.20. The largest absolute Gasteiger partial charge is 0.391 e. The number of primary amides is 2. The zero-order valence-electron chi connectivity index (χ0n) is 46.5. The van der Waals surface area contributed by atoms with E-state index in [2.05, 4.69) is 72.8 Å². The number of anilines is 1. The summed E-state index contributed by atoms with van der Waals surface area (Å²) >= 11 is 14.6. The van der Waals surface area contributed by atoms with Gasteiger partial charge in [0.2, 0.25) is 47.3 Å². The lowest BCUT2D eigenvalue weighted by atomic mass is 10.0. The second-order valence-corrected chi connectivity index (χ2v) is 21.6. The molecular weight excluding hydrogens is 1150 g/mol. The van der Waals surface area contributed by atoms with Crippen LogP contribution in [0.15, 0.2) is 121 Å². The second kappa shape index (κ2) is 32.2. The van der Waals surface area contributed by atoms with Gasteiger partial charge < -0.3 is 75.6 Å². The van der Waals surface area contributed by atoms with Gasteiger partial charge in [-0.25, -0.2) is 4.79 Å². The van der Waals surface area contributed by atoms with Crippen molar-refractivity contribution in [2.45, 2.75) is 106 Å². The maximum atomic E-state index is 14.9. The number of aromatic amines is 1. The molecule has 0 radical (unpaired) electrons. The number of carbonyl (C=O) groups is 9. The van der Waals surface area contributed by atoms with Crippen molar-refractivity contribution in [2.75, 3.05) is 23.4 Å². The monoisotopic (exact) mass is 1220 g/mol. The highest BCUT2D eigenvalue weighted by molar-refractivity contribution is 7.80. The Morgan fingerprint density at radius 1 is 0.553 bits per heavy atom. The van der Waals surface area contributed by atoms with Crippen LogP contribution in [0.25, 0.3) is 21.7 Å². The molecule has 18 N–H and O–H groups in total. The molecule has 10 amide bonds. The molecule has 0 aliphatic carbocycles. The standard InChI is InChI=1S/C59H72ClN13O10S2/c1-32(74)50(58(82)72-49(31-85)56(80)68-45(51(63)75)27-35-13-18-36-8-2-3-9-37(36)24-35)73-53(77)44(12-6-7-23-61)67-55(79)47(28-38-29-65-43-11-5-4-10-41(38)43)70-54(78)46(26-34-16-21-40(22-17-34)66-59(64)83)69-57(81)48(30-84)71-52(76)42(62)25-33-14-19-39(60)20-15-33/h2-5,8-11,13-22,24,29,32,42,44-50,65,74,84-85H,6-7,12,23,25-28,30-31,61-62H2,1H3,(H2,63,75)(H,67,79)(H,68,80)(H,69,81)(H,70,78)(H,71,76)(H,72,82)(H,73,77)(H3,64,66,83)/t32-,42+,44+,45+,46+,47-,48-,49+,50+/m1/s1. The third-order valence-corrected chi connectivity index (χ3v) is 14.9. The maximum absolute atomic E-state index is 14.9. The van der Waals surface area contributed by atoms with Gasteiger partial charge in [-0.15, -0.1) is 0 Å². The Kier molecular flexibility index (Phi) is 25.0. The molecule has 0 unspecified atom stereocenters. The van der Waals surface area contributed by atoms with E-state index in [0.29, 0.717) is 56.7 Å². The predicted molar refractivity (Wildman–Crippen MR) is 331 cm³/mol. The minimum Gasteiger partial charge on any atom is -0.391 e. The highest BCUT2D eigenvalue weighted by Gasteiger charge is 2.36. The summed E-state index contributed by atoms with van der Waals surface area (Å²) in [5.74, 6) is -7.35. The number of hydrogen-bond donors (Lipinski definition) is 16. The number of hydrogen-bond acceptors (Lipinski definition) is 14. The summed E-state index contributed by atoms with van der Waals surface area (Å²) in [4.78, 5) is 127. The van der Waals surface area contributed by atoms with Crippen molar-refractivity contribution in [1.29, 1.82) is 0 Å². The molecule has 1 aromatic heterocycles. The fraction of sp³-hybridized carbons (Fsp3) is 0.339. The van der Waals surface area contributed by atoms with Gasteiger partial charge in [-0.3, -0.25) is 38.4 Å². The lowest BCUT2D eigenvalue weighted by Crippen LogP contribution is -2.62. The van der Waals surface area contributed by atoms with Crippen LogP contribution >= 0.6 is 36.9 Å². The van der Waals surface area contributed by atoms with Crippen LogP contribution in [0.3, 0.4) is 0 Å². The number of carbonyl (C=O) groups excluding carboxylic acids is 9. The van der Waals surface area contributed by atoms with Gasteiger partial charge in [0, 0.05) is 58.6 Å². The van der Waals surface area contributed by atoms with Crippen molar-refractivity contribution in [1.82, 2.24) is 42.2 Å². The smallest absolute Gasteiger partial charge is 0.316 e. The summed E-state index contributed by atoms with van der Waals surface area (Å²) in [6.07, 6.45) is 0.515. The molecule has 6 rings (SSSR count). The number of nitrogens with two attached hydrogens (primary N) is 4. The lowest BCUT2D eigenvalue weighted by Gasteiger charge is -2.28. The van der Waals surface area contributed by atoms with Crippen LogP contribution in [0, 0.1) is 0 Å². The van der Waals surface area contributed by atoms with Gasteiger partial charge in [-0.05, 0) is 103 Å². The number of aliphatic hydroxyl groups excluding tert-OH is 1. The van der Waals surface area contributed by atoms with Gasteiger partial charge in [-0.1, -0.05) is 96.5 Å². The zero-order valence-corrected chi connectivity index (χ0v) is 49.1. The first-order valence-corrected chi connectivity index (χ1v) is 29.0. The molecule has 9 atom stereocenters. The third-order valence-electron chi connectivity index (χ3n) is 13.9. The number of unbranched alkanes of at least 4 members (excludes halogenated alkanes) is 1. The minimum atomic E-state index is -1.71. The van der Waals surface area contributed by atoms with Crippen LogP contribution in [-0.4, -0.2) is 136 Å². The van der Waals surface area contributed by atoms with Crippen LogP contribution in [-0.2, 0) is 64.0 Å². The Balaban J connectivity index is 1.22. The molecule has 0 aliphatic rings. The molecule has 85 heavy (non-hydrogen) atoms. The Labute approximate surface area is 506 Å². The number of amides is 10. The van der Waals surface area contributed by atoms with Crippen molar-refractivity contribution >= 4 is 118 Å². The molecular formula is C59H72ClN13O10S2. The van der Waals surface area contributed by atoms with E-state index in [1.165, 1.54) is 19.1 Å². The minimum absolute atomic E-state index is 0.0285. The number of urea groups is 1. The first kappa shape index (κ1) is 65.9.